The minimum Gasteiger partial charge on any atom is -0.476 e. The van der Waals surface area contributed by atoms with Crippen molar-refractivity contribution in [1.82, 2.24) is 15.1 Å². The predicted octanol–water partition coefficient (Wildman–Crippen LogP) is 3.00. The van der Waals surface area contributed by atoms with Crippen LogP contribution in [0.3, 0.4) is 0 Å². The summed E-state index contributed by atoms with van der Waals surface area (Å²) in [4.78, 5) is 35.9. The van der Waals surface area contributed by atoms with Crippen molar-refractivity contribution in [3.8, 4) is 11.1 Å². The maximum atomic E-state index is 12.5. The molecule has 3 N–H and O–H groups in total. The molecule has 1 aliphatic rings. The third-order valence-electron chi connectivity index (χ3n) is 5.95. The van der Waals surface area contributed by atoms with Crippen LogP contribution in [-0.4, -0.2) is 59.2 Å². The van der Waals surface area contributed by atoms with Crippen molar-refractivity contribution in [3.05, 3.63) is 71.4 Å². The highest BCUT2D eigenvalue weighted by Crippen LogP contribution is 2.44. The van der Waals surface area contributed by atoms with Crippen molar-refractivity contribution in [2.75, 3.05) is 25.6 Å². The molecule has 0 spiro atoms. The van der Waals surface area contributed by atoms with Gasteiger partial charge in [0.2, 0.25) is 0 Å². The second kappa shape index (κ2) is 10.4. The number of aromatic carboxylic acids is 1. The van der Waals surface area contributed by atoms with Gasteiger partial charge in [0.25, 0.3) is 5.91 Å². The highest BCUT2D eigenvalue weighted by Gasteiger charge is 2.29. The van der Waals surface area contributed by atoms with Gasteiger partial charge in [-0.3, -0.25) is 9.48 Å². The number of rotatable bonds is 9. The molecule has 0 aliphatic heterocycles. The number of methoxy groups -OCH3 is 1. The Hall–Kier alpha value is -4.18. The molecule has 35 heavy (non-hydrogen) atoms. The number of amides is 2. The topological polar surface area (TPSA) is 132 Å². The molecule has 0 bridgehead atoms. The van der Waals surface area contributed by atoms with Crippen LogP contribution in [0, 0.1) is 0 Å². The summed E-state index contributed by atoms with van der Waals surface area (Å²) in [7, 11) is 2.89. The van der Waals surface area contributed by atoms with Crippen molar-refractivity contribution in [2.45, 2.75) is 18.4 Å². The highest BCUT2D eigenvalue weighted by molar-refractivity contribution is 5.95. The number of hydrogen-bond acceptors (Lipinski definition) is 6. The van der Waals surface area contributed by atoms with E-state index in [2.05, 4.69) is 27.9 Å². The van der Waals surface area contributed by atoms with Gasteiger partial charge in [-0.1, -0.05) is 48.5 Å². The van der Waals surface area contributed by atoms with Crippen LogP contribution in [0.15, 0.2) is 54.6 Å². The zero-order valence-corrected chi connectivity index (χ0v) is 19.4. The third kappa shape index (κ3) is 5.17. The van der Waals surface area contributed by atoms with E-state index < -0.39 is 24.1 Å². The van der Waals surface area contributed by atoms with Crippen LogP contribution in [0.4, 0.5) is 10.6 Å². The molecule has 1 atom stereocenters. The molecule has 2 aromatic carbocycles. The zero-order chi connectivity index (χ0) is 24.9. The Bertz CT molecular complexity index is 1210. The normalized spacial score (nSPS) is 13.0. The largest absolute Gasteiger partial charge is 0.476 e. The van der Waals surface area contributed by atoms with Gasteiger partial charge in [0, 0.05) is 39.1 Å². The number of carbonyl (C=O) groups excluding carboxylic acids is 2. The first-order valence-electron chi connectivity index (χ1n) is 11.1. The number of nitrogens with one attached hydrogen (secondary N) is 2. The third-order valence-corrected chi connectivity index (χ3v) is 5.95. The van der Waals surface area contributed by atoms with Crippen LogP contribution >= 0.6 is 0 Å². The van der Waals surface area contributed by atoms with Crippen molar-refractivity contribution < 1.29 is 29.0 Å². The number of anilines is 1. The van der Waals surface area contributed by atoms with Gasteiger partial charge < -0.3 is 25.2 Å². The molecule has 2 amide bonds. The van der Waals surface area contributed by atoms with E-state index in [9.17, 15) is 14.4 Å². The molecule has 1 aliphatic carbocycles. The molecule has 1 aromatic heterocycles. The predicted molar refractivity (Wildman–Crippen MR) is 127 cm³/mol. The Morgan fingerprint density at radius 2 is 1.71 bits per heavy atom. The average Bonchev–Trinajstić information content (AvgIpc) is 3.38. The highest BCUT2D eigenvalue weighted by atomic mass is 16.5. The van der Waals surface area contributed by atoms with E-state index in [-0.39, 0.29) is 37.0 Å². The Morgan fingerprint density at radius 1 is 1.09 bits per heavy atom. The van der Waals surface area contributed by atoms with Crippen LogP contribution < -0.4 is 10.6 Å². The molecule has 3 aromatic rings. The van der Waals surface area contributed by atoms with Gasteiger partial charge >= 0.3 is 12.1 Å². The van der Waals surface area contributed by atoms with E-state index in [0.29, 0.717) is 0 Å². The summed E-state index contributed by atoms with van der Waals surface area (Å²) >= 11 is 0. The molecular formula is C25H26N4O6. The monoisotopic (exact) mass is 478 g/mol. The zero-order valence-electron chi connectivity index (χ0n) is 19.4. The maximum Gasteiger partial charge on any atom is 0.407 e. The molecule has 182 valence electrons. The van der Waals surface area contributed by atoms with E-state index in [1.165, 1.54) is 24.9 Å². The number of fused-ring (bicyclic) bond motifs is 3. The second-order valence-electron chi connectivity index (χ2n) is 8.10. The van der Waals surface area contributed by atoms with Crippen LogP contribution in [0.25, 0.3) is 11.1 Å². The molecular weight excluding hydrogens is 452 g/mol. The number of aryl methyl sites for hydroxylation is 1. The number of aromatic nitrogens is 2. The number of carboxylic acids is 1. The first-order valence-corrected chi connectivity index (χ1v) is 11.1. The molecule has 0 radical (unpaired) electrons. The summed E-state index contributed by atoms with van der Waals surface area (Å²) < 4.78 is 12.0. The van der Waals surface area contributed by atoms with Crippen LogP contribution in [-0.2, 0) is 21.3 Å². The van der Waals surface area contributed by atoms with Gasteiger partial charge in [-0.2, -0.15) is 5.10 Å². The summed E-state index contributed by atoms with van der Waals surface area (Å²) in [6, 6.07) is 17.4. The maximum absolute atomic E-state index is 12.5. The minimum atomic E-state index is -1.20. The number of benzene rings is 2. The van der Waals surface area contributed by atoms with Gasteiger partial charge in [0.05, 0.1) is 0 Å². The first-order chi connectivity index (χ1) is 16.9. The molecule has 0 fully saturated rings. The van der Waals surface area contributed by atoms with Crippen LogP contribution in [0.1, 0.15) is 34.0 Å². The number of carbonyl (C=O) groups is 3. The standard InChI is InChI=1S/C25H26N4O6/c1-29-22(13-20(28-29)24(31)32)27-23(30)21(34-2)11-12-26-25(33)35-14-19-17-9-5-3-7-15(17)16-8-4-6-10-18(16)19/h3-10,13,19,21H,11-12,14H2,1-2H3,(H,26,33)(H,27,30)(H,31,32). The summed E-state index contributed by atoms with van der Waals surface area (Å²) in [5.41, 5.74) is 4.36. The molecule has 0 saturated heterocycles. The van der Waals surface area contributed by atoms with Gasteiger partial charge in [-0.25, -0.2) is 9.59 Å². The van der Waals surface area contributed by atoms with Crippen molar-refractivity contribution >= 4 is 23.8 Å². The lowest BCUT2D eigenvalue weighted by molar-refractivity contribution is -0.126. The fraction of sp³-hybridized carbons (Fsp3) is 0.280. The van der Waals surface area contributed by atoms with E-state index in [1.54, 1.807) is 0 Å². The molecule has 1 unspecified atom stereocenters. The van der Waals surface area contributed by atoms with Crippen LogP contribution in [0.2, 0.25) is 0 Å². The van der Waals surface area contributed by atoms with Crippen molar-refractivity contribution in [1.29, 1.82) is 0 Å². The lowest BCUT2D eigenvalue weighted by Crippen LogP contribution is -2.35. The van der Waals surface area contributed by atoms with Gasteiger partial charge in [0.15, 0.2) is 5.69 Å². The minimum absolute atomic E-state index is 0.0414. The van der Waals surface area contributed by atoms with E-state index in [0.717, 1.165) is 22.3 Å². The van der Waals surface area contributed by atoms with Crippen molar-refractivity contribution in [3.63, 3.8) is 0 Å². The van der Waals surface area contributed by atoms with Gasteiger partial charge in [-0.05, 0) is 22.3 Å². The smallest absolute Gasteiger partial charge is 0.407 e. The number of ether oxygens (including phenoxy) is 2. The molecule has 10 heteroatoms. The lowest BCUT2D eigenvalue weighted by Gasteiger charge is -2.17. The van der Waals surface area contributed by atoms with Crippen LogP contribution in [0.5, 0.6) is 0 Å². The second-order valence-corrected chi connectivity index (χ2v) is 8.10. The molecule has 4 rings (SSSR count). The summed E-state index contributed by atoms with van der Waals surface area (Å²) in [5.74, 6) is -1.50. The molecule has 10 nitrogen and oxygen atoms in total. The van der Waals surface area contributed by atoms with Gasteiger partial charge in [-0.15, -0.1) is 0 Å². The quantitative estimate of drug-likeness (QED) is 0.431. The summed E-state index contributed by atoms with van der Waals surface area (Å²) in [5, 5.41) is 18.1. The van der Waals surface area contributed by atoms with E-state index in [4.69, 9.17) is 14.6 Å². The summed E-state index contributed by atoms with van der Waals surface area (Å²) in [6.45, 7) is 0.342. The van der Waals surface area contributed by atoms with E-state index in [1.807, 2.05) is 36.4 Å². The van der Waals surface area contributed by atoms with Crippen molar-refractivity contribution in [2.24, 2.45) is 7.05 Å². The number of nitrogens with zero attached hydrogens (tertiary/aromatic N) is 2. The first kappa shape index (κ1) is 24.0. The Kier molecular flexibility index (Phi) is 7.11. The summed E-state index contributed by atoms with van der Waals surface area (Å²) in [6.07, 6.45) is -1.26. The van der Waals surface area contributed by atoms with Gasteiger partial charge in [0.1, 0.15) is 18.5 Å². The molecule has 0 saturated carbocycles. The fourth-order valence-electron chi connectivity index (χ4n) is 4.21. The number of hydrogen-bond donors (Lipinski definition) is 3. The fourth-order valence-corrected chi connectivity index (χ4v) is 4.21. The SMILES string of the molecule is COC(CCNC(=O)OCC1c2ccccc2-c2ccccc21)C(=O)Nc1cc(C(=O)O)nn1C. The Balaban J connectivity index is 1.27. The van der Waals surface area contributed by atoms with E-state index >= 15 is 0 Å². The Labute approximate surface area is 201 Å². The lowest BCUT2D eigenvalue weighted by atomic mass is 9.98. The number of carboxylic acid groups (broad SMARTS) is 1. The average molecular weight is 479 g/mol. The molecule has 1 heterocycles. The Morgan fingerprint density at radius 3 is 2.29 bits per heavy atom. The number of alkyl carbamates (subject to hydrolysis) is 1.